The molecule has 4 rings (SSSR count). The van der Waals surface area contributed by atoms with Crippen LogP contribution >= 0.6 is 0 Å². The van der Waals surface area contributed by atoms with Crippen molar-refractivity contribution in [2.24, 2.45) is 0 Å². The molecule has 0 bridgehead atoms. The topological polar surface area (TPSA) is 61.6 Å². The molecule has 2 aromatic carbocycles. The minimum atomic E-state index is -0.173. The van der Waals surface area contributed by atoms with Gasteiger partial charge in [-0.15, -0.1) is 0 Å². The third kappa shape index (κ3) is 5.44. The van der Waals surface area contributed by atoms with E-state index in [2.05, 4.69) is 80.8 Å². The zero-order valence-electron chi connectivity index (χ0n) is 18.9. The van der Waals surface area contributed by atoms with Gasteiger partial charge in [-0.2, -0.15) is 0 Å². The van der Waals surface area contributed by atoms with Crippen molar-refractivity contribution in [3.05, 3.63) is 89.6 Å². The lowest BCUT2D eigenvalue weighted by Crippen LogP contribution is -2.47. The van der Waals surface area contributed by atoms with Crippen molar-refractivity contribution in [3.63, 3.8) is 0 Å². The van der Waals surface area contributed by atoms with Crippen LogP contribution in [0.2, 0.25) is 0 Å². The average molecular weight is 433 g/mol. The summed E-state index contributed by atoms with van der Waals surface area (Å²) in [5.41, 5.74) is 2.99. The average Bonchev–Trinajstić information content (AvgIpc) is 3.30. The van der Waals surface area contributed by atoms with Crippen molar-refractivity contribution in [2.75, 3.05) is 26.2 Å². The Balaban J connectivity index is 1.38. The van der Waals surface area contributed by atoms with E-state index in [0.29, 0.717) is 18.1 Å². The molecule has 1 amide bonds. The number of nitrogens with one attached hydrogen (secondary N) is 1. The van der Waals surface area contributed by atoms with Gasteiger partial charge in [-0.05, 0) is 24.5 Å². The van der Waals surface area contributed by atoms with Crippen LogP contribution in [0.4, 0.5) is 0 Å². The number of oxazole rings is 1. The number of carbonyl (C=O) groups excluding carboxylic acids is 1. The first-order valence-electron chi connectivity index (χ1n) is 11.5. The van der Waals surface area contributed by atoms with Crippen molar-refractivity contribution < 1.29 is 9.21 Å². The molecule has 32 heavy (non-hydrogen) atoms. The summed E-state index contributed by atoms with van der Waals surface area (Å²) in [6, 6.07) is 21.8. The van der Waals surface area contributed by atoms with Crippen molar-refractivity contribution in [2.45, 2.75) is 38.9 Å². The molecular weight excluding hydrogens is 400 g/mol. The number of amides is 1. The van der Waals surface area contributed by atoms with Gasteiger partial charge in [0.05, 0.1) is 12.6 Å². The second-order valence-corrected chi connectivity index (χ2v) is 8.45. The highest BCUT2D eigenvalue weighted by molar-refractivity contribution is 5.92. The Hall–Kier alpha value is -2.96. The number of carbonyl (C=O) groups is 1. The maximum absolute atomic E-state index is 12.3. The van der Waals surface area contributed by atoms with Crippen LogP contribution in [-0.4, -0.2) is 52.9 Å². The van der Waals surface area contributed by atoms with Crippen LogP contribution in [0.15, 0.2) is 71.3 Å². The van der Waals surface area contributed by atoms with Crippen molar-refractivity contribution in [1.29, 1.82) is 0 Å². The third-order valence-corrected chi connectivity index (χ3v) is 6.14. The van der Waals surface area contributed by atoms with Gasteiger partial charge in [-0.1, -0.05) is 67.6 Å². The summed E-state index contributed by atoms with van der Waals surface area (Å²) in [7, 11) is 0. The molecule has 0 unspecified atom stereocenters. The Morgan fingerprint density at radius 2 is 1.59 bits per heavy atom. The highest BCUT2D eigenvalue weighted by atomic mass is 16.3. The van der Waals surface area contributed by atoms with Gasteiger partial charge >= 0.3 is 0 Å². The van der Waals surface area contributed by atoms with E-state index in [-0.39, 0.29) is 18.0 Å². The van der Waals surface area contributed by atoms with Crippen LogP contribution in [0.25, 0.3) is 0 Å². The molecule has 6 heteroatoms. The minimum Gasteiger partial charge on any atom is -0.447 e. The molecule has 1 aliphatic heterocycles. The monoisotopic (exact) mass is 432 g/mol. The molecule has 1 fully saturated rings. The highest BCUT2D eigenvalue weighted by Gasteiger charge is 2.27. The Morgan fingerprint density at radius 1 is 1.00 bits per heavy atom. The predicted octanol–water partition coefficient (Wildman–Crippen LogP) is 4.11. The van der Waals surface area contributed by atoms with Crippen LogP contribution in [0.5, 0.6) is 0 Å². The molecule has 3 aromatic rings. The Morgan fingerprint density at radius 3 is 2.16 bits per heavy atom. The molecule has 6 nitrogen and oxygen atoms in total. The van der Waals surface area contributed by atoms with Crippen molar-refractivity contribution >= 4 is 5.91 Å². The Kier molecular flexibility index (Phi) is 7.35. The van der Waals surface area contributed by atoms with E-state index in [1.165, 1.54) is 17.4 Å². The SMILES string of the molecule is CC[C@H](C)NC(=O)c1coc(CN2CCN(C(c3ccccc3)c3ccccc3)CC2)n1. The molecule has 1 atom stereocenters. The van der Waals surface area contributed by atoms with Crippen LogP contribution < -0.4 is 5.32 Å². The summed E-state index contributed by atoms with van der Waals surface area (Å²) >= 11 is 0. The fourth-order valence-corrected chi connectivity index (χ4v) is 4.14. The number of hydrogen-bond acceptors (Lipinski definition) is 5. The first-order valence-corrected chi connectivity index (χ1v) is 11.5. The van der Waals surface area contributed by atoms with Crippen LogP contribution in [0, 0.1) is 0 Å². The lowest BCUT2D eigenvalue weighted by molar-refractivity contribution is 0.0933. The lowest BCUT2D eigenvalue weighted by Gasteiger charge is -2.39. The fourth-order valence-electron chi connectivity index (χ4n) is 4.14. The first-order chi connectivity index (χ1) is 15.6. The molecule has 168 valence electrons. The molecule has 1 saturated heterocycles. The molecule has 0 radical (unpaired) electrons. The smallest absolute Gasteiger partial charge is 0.273 e. The van der Waals surface area contributed by atoms with E-state index >= 15 is 0 Å². The standard InChI is InChI=1S/C26H32N4O2/c1-3-20(2)27-26(31)23-19-32-24(28-23)18-29-14-16-30(17-15-29)25(21-10-6-4-7-11-21)22-12-8-5-9-13-22/h4-13,19-20,25H,3,14-18H2,1-2H3,(H,27,31)/t20-/m0/s1. The summed E-state index contributed by atoms with van der Waals surface area (Å²) in [4.78, 5) is 21.5. The summed E-state index contributed by atoms with van der Waals surface area (Å²) < 4.78 is 5.59. The largest absolute Gasteiger partial charge is 0.447 e. The van der Waals surface area contributed by atoms with E-state index in [0.717, 1.165) is 32.6 Å². The van der Waals surface area contributed by atoms with Crippen molar-refractivity contribution in [3.8, 4) is 0 Å². The number of aromatic nitrogens is 1. The molecule has 1 aliphatic rings. The number of rotatable bonds is 8. The maximum Gasteiger partial charge on any atom is 0.273 e. The van der Waals surface area contributed by atoms with Gasteiger partial charge in [0.25, 0.3) is 5.91 Å². The molecule has 2 heterocycles. The van der Waals surface area contributed by atoms with E-state index in [9.17, 15) is 4.79 Å². The lowest BCUT2D eigenvalue weighted by atomic mass is 9.96. The van der Waals surface area contributed by atoms with Gasteiger partial charge in [0.15, 0.2) is 5.69 Å². The van der Waals surface area contributed by atoms with Gasteiger partial charge in [-0.3, -0.25) is 14.6 Å². The predicted molar refractivity (Wildman–Crippen MR) is 125 cm³/mol. The van der Waals surface area contributed by atoms with Gasteiger partial charge in [-0.25, -0.2) is 4.98 Å². The molecule has 1 aromatic heterocycles. The number of piperazine rings is 1. The zero-order chi connectivity index (χ0) is 22.3. The van der Waals surface area contributed by atoms with Gasteiger partial charge < -0.3 is 9.73 Å². The van der Waals surface area contributed by atoms with Crippen molar-refractivity contribution in [1.82, 2.24) is 20.1 Å². The normalized spacial score (nSPS) is 16.2. The van der Waals surface area contributed by atoms with E-state index in [1.807, 2.05) is 13.8 Å². The maximum atomic E-state index is 12.3. The van der Waals surface area contributed by atoms with Gasteiger partial charge in [0, 0.05) is 32.2 Å². The summed E-state index contributed by atoms with van der Waals surface area (Å²) in [5, 5.41) is 2.93. The molecule has 0 spiro atoms. The number of hydrogen-bond donors (Lipinski definition) is 1. The fraction of sp³-hybridized carbons (Fsp3) is 0.385. The quantitative estimate of drug-likeness (QED) is 0.580. The van der Waals surface area contributed by atoms with Crippen LogP contribution in [-0.2, 0) is 6.54 Å². The third-order valence-electron chi connectivity index (χ3n) is 6.14. The summed E-state index contributed by atoms with van der Waals surface area (Å²) in [6.07, 6.45) is 2.35. The number of nitrogens with zero attached hydrogens (tertiary/aromatic N) is 3. The zero-order valence-corrected chi connectivity index (χ0v) is 18.9. The van der Waals surface area contributed by atoms with E-state index in [1.54, 1.807) is 0 Å². The molecule has 0 aliphatic carbocycles. The molecule has 0 saturated carbocycles. The summed E-state index contributed by atoms with van der Waals surface area (Å²) in [5.74, 6) is 0.420. The molecular formula is C26H32N4O2. The van der Waals surface area contributed by atoms with Crippen LogP contribution in [0.3, 0.4) is 0 Å². The second-order valence-electron chi connectivity index (χ2n) is 8.45. The number of benzene rings is 2. The highest BCUT2D eigenvalue weighted by Crippen LogP contribution is 2.29. The minimum absolute atomic E-state index is 0.123. The van der Waals surface area contributed by atoms with Gasteiger partial charge in [0.2, 0.25) is 5.89 Å². The Labute approximate surface area is 190 Å². The molecule has 1 N–H and O–H groups in total. The van der Waals surface area contributed by atoms with E-state index in [4.69, 9.17) is 4.42 Å². The first kappa shape index (κ1) is 22.2. The Bertz CT molecular complexity index is 942. The summed E-state index contributed by atoms with van der Waals surface area (Å²) in [6.45, 7) is 8.40. The van der Waals surface area contributed by atoms with Gasteiger partial charge in [0.1, 0.15) is 6.26 Å². The van der Waals surface area contributed by atoms with Crippen LogP contribution in [0.1, 0.15) is 53.8 Å². The second kappa shape index (κ2) is 10.6. The van der Waals surface area contributed by atoms with E-state index < -0.39 is 0 Å².